The van der Waals surface area contributed by atoms with E-state index in [-0.39, 0.29) is 18.4 Å². The summed E-state index contributed by atoms with van der Waals surface area (Å²) in [7, 11) is 1.63. The minimum atomic E-state index is 0.0196. The second-order valence-corrected chi connectivity index (χ2v) is 4.44. The zero-order valence-corrected chi connectivity index (χ0v) is 11.0. The van der Waals surface area contributed by atoms with E-state index in [1.165, 1.54) is 0 Å². The van der Waals surface area contributed by atoms with Crippen molar-refractivity contribution < 1.29 is 14.6 Å². The minimum Gasteiger partial charge on any atom is -0.497 e. The first kappa shape index (κ1) is 14.5. The van der Waals surface area contributed by atoms with Crippen LogP contribution in [0.1, 0.15) is 18.9 Å². The third-order valence-corrected chi connectivity index (χ3v) is 2.76. The molecule has 4 heteroatoms. The molecule has 0 aliphatic rings. The van der Waals surface area contributed by atoms with Gasteiger partial charge in [-0.25, -0.2) is 0 Å². The van der Waals surface area contributed by atoms with Gasteiger partial charge in [-0.3, -0.25) is 4.79 Å². The lowest BCUT2D eigenvalue weighted by molar-refractivity contribution is -0.121. The first-order valence-electron chi connectivity index (χ1n) is 6.16. The number of nitrogens with one attached hydrogen (secondary N) is 1. The van der Waals surface area contributed by atoms with Gasteiger partial charge < -0.3 is 15.2 Å². The van der Waals surface area contributed by atoms with Gasteiger partial charge in [-0.15, -0.1) is 0 Å². The first-order chi connectivity index (χ1) is 8.65. The molecule has 0 spiro atoms. The largest absolute Gasteiger partial charge is 0.497 e. The maximum Gasteiger partial charge on any atom is 0.220 e. The van der Waals surface area contributed by atoms with Crippen LogP contribution in [-0.4, -0.2) is 31.3 Å². The van der Waals surface area contributed by atoms with E-state index in [1.54, 1.807) is 7.11 Å². The van der Waals surface area contributed by atoms with Crippen LogP contribution in [0.3, 0.4) is 0 Å². The Labute approximate surface area is 108 Å². The van der Waals surface area contributed by atoms with Gasteiger partial charge in [-0.05, 0) is 30.0 Å². The Morgan fingerprint density at radius 3 is 2.61 bits per heavy atom. The van der Waals surface area contributed by atoms with Gasteiger partial charge in [-0.1, -0.05) is 19.1 Å². The van der Waals surface area contributed by atoms with Crippen molar-refractivity contribution >= 4 is 5.91 Å². The summed E-state index contributed by atoms with van der Waals surface area (Å²) >= 11 is 0. The second kappa shape index (κ2) is 7.71. The van der Waals surface area contributed by atoms with E-state index in [2.05, 4.69) is 5.32 Å². The molecule has 1 aromatic carbocycles. The highest BCUT2D eigenvalue weighted by Crippen LogP contribution is 2.12. The summed E-state index contributed by atoms with van der Waals surface area (Å²) in [5.74, 6) is 0.945. The molecule has 1 aromatic rings. The molecule has 0 bridgehead atoms. The number of aryl methyl sites for hydroxylation is 1. The van der Waals surface area contributed by atoms with Gasteiger partial charge in [-0.2, -0.15) is 0 Å². The SMILES string of the molecule is COc1ccc(CCC(=O)NCC(C)CO)cc1. The van der Waals surface area contributed by atoms with Gasteiger partial charge in [0.15, 0.2) is 0 Å². The smallest absolute Gasteiger partial charge is 0.220 e. The number of aliphatic hydroxyl groups excluding tert-OH is 1. The fourth-order valence-electron chi connectivity index (χ4n) is 1.49. The summed E-state index contributed by atoms with van der Waals surface area (Å²) in [6.07, 6.45) is 1.17. The van der Waals surface area contributed by atoms with Crippen LogP contribution in [0.4, 0.5) is 0 Å². The molecule has 0 saturated carbocycles. The van der Waals surface area contributed by atoms with E-state index in [0.29, 0.717) is 19.4 Å². The van der Waals surface area contributed by atoms with Crippen molar-refractivity contribution in [3.8, 4) is 5.75 Å². The highest BCUT2D eigenvalue weighted by Gasteiger charge is 2.05. The lowest BCUT2D eigenvalue weighted by atomic mass is 10.1. The van der Waals surface area contributed by atoms with E-state index in [1.807, 2.05) is 31.2 Å². The zero-order valence-electron chi connectivity index (χ0n) is 11.0. The molecular weight excluding hydrogens is 230 g/mol. The first-order valence-corrected chi connectivity index (χ1v) is 6.16. The molecule has 0 aromatic heterocycles. The Kier molecular flexibility index (Phi) is 6.22. The topological polar surface area (TPSA) is 58.6 Å². The van der Waals surface area contributed by atoms with Crippen molar-refractivity contribution in [3.63, 3.8) is 0 Å². The predicted molar refractivity (Wildman–Crippen MR) is 70.6 cm³/mol. The molecule has 0 aliphatic heterocycles. The summed E-state index contributed by atoms with van der Waals surface area (Å²) < 4.78 is 5.07. The van der Waals surface area contributed by atoms with Crippen molar-refractivity contribution in [2.45, 2.75) is 19.8 Å². The Bertz CT molecular complexity index is 362. The summed E-state index contributed by atoms with van der Waals surface area (Å²) in [5, 5.41) is 11.6. The van der Waals surface area contributed by atoms with Crippen LogP contribution in [-0.2, 0) is 11.2 Å². The Morgan fingerprint density at radius 2 is 2.06 bits per heavy atom. The third kappa shape index (κ3) is 5.19. The number of methoxy groups -OCH3 is 1. The fourth-order valence-corrected chi connectivity index (χ4v) is 1.49. The normalized spacial score (nSPS) is 11.9. The van der Waals surface area contributed by atoms with Gasteiger partial charge in [0.1, 0.15) is 5.75 Å². The third-order valence-electron chi connectivity index (χ3n) is 2.76. The molecule has 0 radical (unpaired) electrons. The van der Waals surface area contributed by atoms with Crippen LogP contribution in [0.25, 0.3) is 0 Å². The lowest BCUT2D eigenvalue weighted by Gasteiger charge is -2.09. The summed E-state index contributed by atoms with van der Waals surface area (Å²) in [4.78, 5) is 11.5. The molecule has 1 rings (SSSR count). The Balaban J connectivity index is 2.29. The van der Waals surface area contributed by atoms with Crippen LogP contribution in [0.5, 0.6) is 5.75 Å². The fraction of sp³-hybridized carbons (Fsp3) is 0.500. The van der Waals surface area contributed by atoms with Gasteiger partial charge in [0.25, 0.3) is 0 Å². The number of ether oxygens (including phenoxy) is 1. The van der Waals surface area contributed by atoms with Crippen LogP contribution < -0.4 is 10.1 Å². The van der Waals surface area contributed by atoms with Gasteiger partial charge in [0.2, 0.25) is 5.91 Å². The highest BCUT2D eigenvalue weighted by atomic mass is 16.5. The average molecular weight is 251 g/mol. The number of carbonyl (C=O) groups excluding carboxylic acids is 1. The molecule has 1 amide bonds. The molecule has 100 valence electrons. The number of aliphatic hydroxyl groups is 1. The van der Waals surface area contributed by atoms with Crippen molar-refractivity contribution in [1.82, 2.24) is 5.32 Å². The summed E-state index contributed by atoms with van der Waals surface area (Å²) in [5.41, 5.74) is 1.11. The van der Waals surface area contributed by atoms with Crippen LogP contribution in [0.2, 0.25) is 0 Å². The highest BCUT2D eigenvalue weighted by molar-refractivity contribution is 5.76. The molecule has 0 aliphatic carbocycles. The van der Waals surface area contributed by atoms with Crippen molar-refractivity contribution in [2.24, 2.45) is 5.92 Å². The number of hydrogen-bond donors (Lipinski definition) is 2. The molecule has 18 heavy (non-hydrogen) atoms. The lowest BCUT2D eigenvalue weighted by Crippen LogP contribution is -2.29. The number of benzene rings is 1. The molecular formula is C14H21NO3. The molecule has 0 heterocycles. The molecule has 1 unspecified atom stereocenters. The van der Waals surface area contributed by atoms with Crippen LogP contribution >= 0.6 is 0 Å². The van der Waals surface area contributed by atoms with Crippen molar-refractivity contribution in [1.29, 1.82) is 0 Å². The predicted octanol–water partition coefficient (Wildman–Crippen LogP) is 1.37. The van der Waals surface area contributed by atoms with E-state index in [0.717, 1.165) is 11.3 Å². The van der Waals surface area contributed by atoms with Crippen LogP contribution in [0, 0.1) is 5.92 Å². The van der Waals surface area contributed by atoms with E-state index >= 15 is 0 Å². The average Bonchev–Trinajstić information content (AvgIpc) is 2.42. The number of carbonyl (C=O) groups is 1. The van der Waals surface area contributed by atoms with Gasteiger partial charge in [0, 0.05) is 19.6 Å². The van der Waals surface area contributed by atoms with E-state index in [9.17, 15) is 4.79 Å². The van der Waals surface area contributed by atoms with E-state index in [4.69, 9.17) is 9.84 Å². The standard InChI is InChI=1S/C14H21NO3/c1-11(10-16)9-15-14(17)8-5-12-3-6-13(18-2)7-4-12/h3-4,6-7,11,16H,5,8-10H2,1-2H3,(H,15,17). The molecule has 0 fully saturated rings. The minimum absolute atomic E-state index is 0.0196. The van der Waals surface area contributed by atoms with Gasteiger partial charge in [0.05, 0.1) is 7.11 Å². The quantitative estimate of drug-likeness (QED) is 0.769. The monoisotopic (exact) mass is 251 g/mol. The molecule has 1 atom stereocenters. The van der Waals surface area contributed by atoms with Gasteiger partial charge >= 0.3 is 0 Å². The summed E-state index contributed by atoms with van der Waals surface area (Å²) in [6.45, 7) is 2.51. The van der Waals surface area contributed by atoms with Crippen LogP contribution in [0.15, 0.2) is 24.3 Å². The Morgan fingerprint density at radius 1 is 1.39 bits per heavy atom. The van der Waals surface area contributed by atoms with Crippen molar-refractivity contribution in [2.75, 3.05) is 20.3 Å². The second-order valence-electron chi connectivity index (χ2n) is 4.44. The van der Waals surface area contributed by atoms with E-state index < -0.39 is 0 Å². The Hall–Kier alpha value is -1.55. The number of rotatable bonds is 7. The zero-order chi connectivity index (χ0) is 13.4. The number of amides is 1. The molecule has 4 nitrogen and oxygen atoms in total. The maximum absolute atomic E-state index is 11.5. The molecule has 0 saturated heterocycles. The molecule has 2 N–H and O–H groups in total. The van der Waals surface area contributed by atoms with Crippen molar-refractivity contribution in [3.05, 3.63) is 29.8 Å². The summed E-state index contributed by atoms with van der Waals surface area (Å²) in [6, 6.07) is 7.70. The number of hydrogen-bond acceptors (Lipinski definition) is 3. The maximum atomic E-state index is 11.5.